The van der Waals surface area contributed by atoms with Crippen LogP contribution in [0.3, 0.4) is 0 Å². The van der Waals surface area contributed by atoms with E-state index in [0.717, 1.165) is 0 Å². The zero-order chi connectivity index (χ0) is 42.9. The molecule has 0 amide bonds. The molecule has 0 saturated heterocycles. The molecule has 48 heavy (non-hydrogen) atoms. The zero-order valence-corrected chi connectivity index (χ0v) is 25.0. The molecule has 0 rings (SSSR count). The minimum atomic E-state index is -1.50. The summed E-state index contributed by atoms with van der Waals surface area (Å²) in [4.78, 5) is 16.7. The second-order valence-electron chi connectivity index (χ2n) is 5.03. The van der Waals surface area contributed by atoms with Crippen LogP contribution in [-0.4, -0.2) is 80.2 Å². The van der Waals surface area contributed by atoms with Gasteiger partial charge >= 0.3 is 0 Å². The fourth-order valence-electron chi connectivity index (χ4n) is 0. The maximum Gasteiger partial charge on any atom is 0.291 e. The molecule has 0 aromatic heterocycles. The Hall–Kier alpha value is -8.90. The van der Waals surface area contributed by atoms with Gasteiger partial charge in [0.05, 0.1) is 0 Å². The Morgan fingerprint density at radius 1 is 0.292 bits per heavy atom. The molecular formula is C10H52N32O6. The fourth-order valence-corrected chi connectivity index (χ4v) is 0. The van der Waals surface area contributed by atoms with Crippen molar-refractivity contribution in [2.45, 2.75) is 0 Å². The molecule has 38 heteroatoms. The van der Waals surface area contributed by atoms with Crippen LogP contribution in [0.5, 0.6) is 0 Å². The summed E-state index contributed by atoms with van der Waals surface area (Å²) in [5.41, 5.74) is 89.4. The molecule has 0 aromatic rings. The minimum absolute atomic E-state index is 0.333. The largest absolute Gasteiger partial charge is 0.370 e. The number of nitrogens with one attached hydrogen (secondary N) is 10. The lowest BCUT2D eigenvalue weighted by Crippen LogP contribution is -2.20. The van der Waals surface area contributed by atoms with E-state index in [1.807, 2.05) is 0 Å². The van der Waals surface area contributed by atoms with Crippen LogP contribution in [0.2, 0.25) is 0 Å². The molecular weight excluding hydrogens is 664 g/mol. The van der Waals surface area contributed by atoms with E-state index in [9.17, 15) is 0 Å². The number of rotatable bonds is 0. The van der Waals surface area contributed by atoms with E-state index in [1.165, 1.54) is 0 Å². The standard InChI is InChI=1S/10CH5N3.2HNO3/c12*2-1(3)4/h10*(H5,2,3,4);2*(H,2,3,4). The molecule has 288 valence electrons. The summed E-state index contributed by atoms with van der Waals surface area (Å²) >= 11 is 0. The van der Waals surface area contributed by atoms with Gasteiger partial charge in [0.15, 0.2) is 59.6 Å². The Morgan fingerprint density at radius 3 is 0.292 bits per heavy atom. The van der Waals surface area contributed by atoms with Crippen LogP contribution >= 0.6 is 0 Å². The second-order valence-corrected chi connectivity index (χ2v) is 5.03. The molecule has 0 bridgehead atoms. The molecule has 0 spiro atoms. The number of nitrogens with two attached hydrogens (primary N) is 20. The van der Waals surface area contributed by atoms with Crippen LogP contribution in [0.25, 0.3) is 0 Å². The summed E-state index contributed by atoms with van der Waals surface area (Å²) < 4.78 is 0. The highest BCUT2D eigenvalue weighted by Gasteiger charge is 1.66. The first-order chi connectivity index (χ1) is 20.8. The molecule has 52 N–H and O–H groups in total. The summed E-state index contributed by atoms with van der Waals surface area (Å²) in [5, 5.41) is 87.8. The monoisotopic (exact) mass is 716 g/mol. The van der Waals surface area contributed by atoms with Crippen LogP contribution in [0.15, 0.2) is 0 Å². The van der Waals surface area contributed by atoms with Crippen molar-refractivity contribution in [3.63, 3.8) is 0 Å². The molecule has 0 aliphatic carbocycles. The lowest BCUT2D eigenvalue weighted by molar-refractivity contribution is -0.742. The average Bonchev–Trinajstić information content (AvgIpc) is 2.61. The molecule has 0 unspecified atom stereocenters. The van der Waals surface area contributed by atoms with E-state index in [0.29, 0.717) is 0 Å². The van der Waals surface area contributed by atoms with Gasteiger partial charge in [0, 0.05) is 0 Å². The number of guanidine groups is 10. The highest BCUT2D eigenvalue weighted by atomic mass is 16.9. The van der Waals surface area contributed by atoms with Gasteiger partial charge in [-0.2, -0.15) is 0 Å². The van der Waals surface area contributed by atoms with Crippen molar-refractivity contribution in [1.29, 1.82) is 54.1 Å². The maximum atomic E-state index is 8.36. The summed E-state index contributed by atoms with van der Waals surface area (Å²) in [7, 11) is 0. The highest BCUT2D eigenvalue weighted by Crippen LogP contribution is 1.38. The zero-order valence-electron chi connectivity index (χ0n) is 25.0. The Labute approximate surface area is 270 Å². The van der Waals surface area contributed by atoms with E-state index >= 15 is 0 Å². The quantitative estimate of drug-likeness (QED) is 0.0478. The van der Waals surface area contributed by atoms with Crippen LogP contribution in [0.1, 0.15) is 0 Å². The molecule has 0 aliphatic heterocycles. The minimum Gasteiger partial charge on any atom is -0.370 e. The Bertz CT molecular complexity index is 594. The van der Waals surface area contributed by atoms with Crippen molar-refractivity contribution in [2.75, 3.05) is 0 Å². The van der Waals surface area contributed by atoms with E-state index in [2.05, 4.69) is 115 Å². The van der Waals surface area contributed by atoms with Crippen molar-refractivity contribution in [3.8, 4) is 0 Å². The third-order valence-electron chi connectivity index (χ3n) is 0. The van der Waals surface area contributed by atoms with Crippen molar-refractivity contribution < 1.29 is 20.6 Å². The lowest BCUT2D eigenvalue weighted by atomic mass is 11.1. The predicted molar refractivity (Wildman–Crippen MR) is 179 cm³/mol. The van der Waals surface area contributed by atoms with E-state index in [1.54, 1.807) is 0 Å². The topological polar surface area (TPSA) is 886 Å². The molecule has 0 aromatic carbocycles. The van der Waals surface area contributed by atoms with Gasteiger partial charge in [-0.1, -0.05) is 0 Å². The number of nitrogens with zero attached hydrogens (tertiary/aromatic N) is 2. The summed E-state index contributed by atoms with van der Waals surface area (Å²) in [6.07, 6.45) is 0. The molecule has 0 aliphatic rings. The maximum absolute atomic E-state index is 8.36. The Morgan fingerprint density at radius 2 is 0.292 bits per heavy atom. The first-order valence-electron chi connectivity index (χ1n) is 9.40. The van der Waals surface area contributed by atoms with Crippen LogP contribution < -0.4 is 115 Å². The van der Waals surface area contributed by atoms with Gasteiger partial charge in [-0.15, -0.1) is 20.2 Å². The number of hydrogen-bond acceptors (Lipinski definition) is 14. The van der Waals surface area contributed by atoms with Gasteiger partial charge in [0.1, 0.15) is 0 Å². The molecule has 0 atom stereocenters. The van der Waals surface area contributed by atoms with E-state index in [4.69, 9.17) is 84.7 Å². The van der Waals surface area contributed by atoms with Gasteiger partial charge in [-0.3, -0.25) is 54.1 Å². The van der Waals surface area contributed by atoms with Gasteiger partial charge in [0.2, 0.25) is 0 Å². The van der Waals surface area contributed by atoms with Gasteiger partial charge in [0.25, 0.3) is 10.2 Å². The summed E-state index contributed by atoms with van der Waals surface area (Å²) in [6, 6.07) is 0. The van der Waals surface area contributed by atoms with Gasteiger partial charge in [-0.05, 0) is 0 Å². The highest BCUT2D eigenvalue weighted by molar-refractivity contribution is 5.74. The smallest absolute Gasteiger partial charge is 0.291 e. The molecule has 38 nitrogen and oxygen atoms in total. The lowest BCUT2D eigenvalue weighted by Gasteiger charge is -1.69. The first kappa shape index (κ1) is 77.3. The van der Waals surface area contributed by atoms with Crippen molar-refractivity contribution in [2.24, 2.45) is 115 Å². The van der Waals surface area contributed by atoms with Crippen molar-refractivity contribution >= 4 is 59.6 Å². The summed E-state index contributed by atoms with van der Waals surface area (Å²) in [6.45, 7) is 0. The van der Waals surface area contributed by atoms with Crippen LogP contribution in [0, 0.1) is 74.3 Å². The first-order valence-corrected chi connectivity index (χ1v) is 9.40. The van der Waals surface area contributed by atoms with Gasteiger partial charge in [-0.25, -0.2) is 0 Å². The SMILES string of the molecule is N=C(N)N.N=C(N)N.N=C(N)N.N=C(N)N.N=C(N)N.N=C(N)N.N=C(N)N.N=C(N)N.N=C(N)N.N=C(N)N.O=[N+]([O-])O.O=[N+]([O-])O. The normalized spacial score (nSPS) is 6.00. The Kier molecular flexibility index (Phi) is 115. The van der Waals surface area contributed by atoms with Gasteiger partial charge < -0.3 is 125 Å². The third kappa shape index (κ3) is 610. The fraction of sp³-hybridized carbons (Fsp3) is 0. The van der Waals surface area contributed by atoms with E-state index in [-0.39, 0.29) is 59.6 Å². The molecule has 0 heterocycles. The van der Waals surface area contributed by atoms with Crippen molar-refractivity contribution in [3.05, 3.63) is 20.2 Å². The third-order valence-corrected chi connectivity index (χ3v) is 0. The van der Waals surface area contributed by atoms with Crippen LogP contribution in [0.4, 0.5) is 0 Å². The summed E-state index contributed by atoms with van der Waals surface area (Å²) in [5.74, 6) is -3.33. The molecule has 0 radical (unpaired) electrons. The van der Waals surface area contributed by atoms with E-state index < -0.39 is 10.2 Å². The Balaban J connectivity index is -0.0000000295. The second kappa shape index (κ2) is 71.4. The molecule has 0 fully saturated rings. The predicted octanol–water partition coefficient (Wildman–Crippen LogP) is -12.3. The van der Waals surface area contributed by atoms with Crippen LogP contribution in [-0.2, 0) is 0 Å². The average molecular weight is 717 g/mol. The van der Waals surface area contributed by atoms with Crippen molar-refractivity contribution in [1.82, 2.24) is 0 Å². The number of hydrogen-bond donors (Lipinski definition) is 32. The molecule has 0 saturated carbocycles.